The van der Waals surface area contributed by atoms with Crippen molar-refractivity contribution in [2.75, 3.05) is 6.61 Å². The Morgan fingerprint density at radius 3 is 2.11 bits per heavy atom. The monoisotopic (exact) mass is 529 g/mol. The summed E-state index contributed by atoms with van der Waals surface area (Å²) in [7, 11) is 0. The number of carbonyl (C=O) groups excluding carboxylic acids is 2. The van der Waals surface area contributed by atoms with Gasteiger partial charge in [-0.2, -0.15) is 13.2 Å². The molecule has 2 rings (SSSR count). The second kappa shape index (κ2) is 16.5. The smallest absolute Gasteiger partial charge is 0.416 e. The minimum Gasteiger partial charge on any atom is -0.459 e. The van der Waals surface area contributed by atoms with Gasteiger partial charge in [-0.15, -0.1) is 0 Å². The fourth-order valence-electron chi connectivity index (χ4n) is 4.02. The zero-order valence-corrected chi connectivity index (χ0v) is 22.4. The van der Waals surface area contributed by atoms with E-state index in [9.17, 15) is 22.8 Å². The largest absolute Gasteiger partial charge is 0.459 e. The third kappa shape index (κ3) is 11.4. The molecule has 2 aromatic rings. The molecule has 0 spiro atoms. The maximum absolute atomic E-state index is 12.9. The molecule has 0 atom stereocenters. The van der Waals surface area contributed by atoms with Crippen LogP contribution in [0.25, 0.3) is 0 Å². The van der Waals surface area contributed by atoms with Gasteiger partial charge in [0, 0.05) is 25.1 Å². The normalized spacial score (nSPS) is 11.0. The minimum absolute atomic E-state index is 0.0376. The van der Waals surface area contributed by atoms with Gasteiger partial charge in [-0.25, -0.2) is 4.79 Å². The number of alkyl halides is 3. The Morgan fingerprint density at radius 1 is 0.842 bits per heavy atom. The Balaban J connectivity index is 2.01. The Hall–Kier alpha value is -3.27. The fraction of sp³-hybridized carbons (Fsp3) is 0.484. The summed E-state index contributed by atoms with van der Waals surface area (Å²) in [5.74, 6) is 4.53. The molecule has 38 heavy (non-hydrogen) atoms. The quantitative estimate of drug-likeness (QED) is 0.116. The number of nitrogens with zero attached hydrogens (tertiary/aromatic N) is 1. The van der Waals surface area contributed by atoms with Gasteiger partial charge in [-0.3, -0.25) is 4.79 Å². The number of ether oxygens (including phenoxy) is 1. The van der Waals surface area contributed by atoms with E-state index in [1.165, 1.54) is 62.0 Å². The second-order valence-electron chi connectivity index (χ2n) is 9.30. The molecular weight excluding hydrogens is 491 g/mol. The van der Waals surface area contributed by atoms with Gasteiger partial charge in [0.15, 0.2) is 0 Å². The van der Waals surface area contributed by atoms with Gasteiger partial charge in [0.2, 0.25) is 0 Å². The van der Waals surface area contributed by atoms with E-state index in [4.69, 9.17) is 4.74 Å². The topological polar surface area (TPSA) is 46.6 Å². The highest BCUT2D eigenvalue weighted by Gasteiger charge is 2.30. The lowest BCUT2D eigenvalue weighted by atomic mass is 10.1. The van der Waals surface area contributed by atoms with E-state index in [0.29, 0.717) is 5.56 Å². The highest BCUT2D eigenvalue weighted by molar-refractivity contribution is 6.32. The van der Waals surface area contributed by atoms with Crippen molar-refractivity contribution in [1.29, 1.82) is 0 Å². The molecule has 2 aromatic carbocycles. The maximum Gasteiger partial charge on any atom is 0.416 e. The molecule has 0 saturated carbocycles. The van der Waals surface area contributed by atoms with Crippen molar-refractivity contribution in [2.24, 2.45) is 0 Å². The van der Waals surface area contributed by atoms with Gasteiger partial charge in [0.05, 0.1) is 12.2 Å². The van der Waals surface area contributed by atoms with Crippen molar-refractivity contribution in [1.82, 2.24) is 4.90 Å². The van der Waals surface area contributed by atoms with Gasteiger partial charge in [-0.05, 0) is 48.7 Å². The number of halogens is 3. The average molecular weight is 530 g/mol. The van der Waals surface area contributed by atoms with E-state index in [1.807, 2.05) is 24.3 Å². The van der Waals surface area contributed by atoms with Crippen LogP contribution >= 0.6 is 0 Å². The lowest BCUT2D eigenvalue weighted by molar-refractivity contribution is -0.160. The molecular formula is C31H38F3NO3. The lowest BCUT2D eigenvalue weighted by Gasteiger charge is -2.22. The molecule has 0 unspecified atom stereocenters. The fourth-order valence-corrected chi connectivity index (χ4v) is 4.02. The summed E-state index contributed by atoms with van der Waals surface area (Å²) in [5.41, 5.74) is 1.26. The number of rotatable bonds is 13. The summed E-state index contributed by atoms with van der Waals surface area (Å²) in [4.78, 5) is 26.2. The molecule has 0 aromatic heterocycles. The molecule has 0 heterocycles. The van der Waals surface area contributed by atoms with Crippen LogP contribution in [0.5, 0.6) is 0 Å². The first-order chi connectivity index (χ1) is 18.2. The van der Waals surface area contributed by atoms with Crippen LogP contribution in [0, 0.1) is 11.8 Å². The van der Waals surface area contributed by atoms with Crippen molar-refractivity contribution in [2.45, 2.75) is 90.9 Å². The Labute approximate surface area is 224 Å². The second-order valence-corrected chi connectivity index (χ2v) is 9.30. The van der Waals surface area contributed by atoms with Gasteiger partial charge < -0.3 is 9.64 Å². The average Bonchev–Trinajstić information content (AvgIpc) is 2.89. The number of amides is 1. The molecule has 0 bridgehead atoms. The van der Waals surface area contributed by atoms with E-state index in [2.05, 4.69) is 18.8 Å². The summed E-state index contributed by atoms with van der Waals surface area (Å²) in [6, 6.07) is 11.9. The Kier molecular flexibility index (Phi) is 13.5. The van der Waals surface area contributed by atoms with Crippen LogP contribution in [-0.4, -0.2) is 23.4 Å². The zero-order chi connectivity index (χ0) is 27.8. The highest BCUT2D eigenvalue weighted by Crippen LogP contribution is 2.29. The number of hydrogen-bond acceptors (Lipinski definition) is 3. The van der Waals surface area contributed by atoms with Crippen LogP contribution in [0.2, 0.25) is 0 Å². The van der Waals surface area contributed by atoms with Crippen molar-refractivity contribution in [3.63, 3.8) is 0 Å². The summed E-state index contributed by atoms with van der Waals surface area (Å²) in [6.07, 6.45) is 6.33. The number of hydrogen-bond donors (Lipinski definition) is 0. The van der Waals surface area contributed by atoms with E-state index in [-0.39, 0.29) is 19.7 Å². The summed E-state index contributed by atoms with van der Waals surface area (Å²) < 4.78 is 43.6. The van der Waals surface area contributed by atoms with Crippen LogP contribution in [0.3, 0.4) is 0 Å². The predicted molar refractivity (Wildman–Crippen MR) is 143 cm³/mol. The molecule has 206 valence electrons. The van der Waals surface area contributed by atoms with Crippen LogP contribution in [0.1, 0.15) is 93.9 Å². The van der Waals surface area contributed by atoms with Crippen LogP contribution in [0.4, 0.5) is 13.2 Å². The van der Waals surface area contributed by atoms with E-state index >= 15 is 0 Å². The molecule has 0 saturated heterocycles. The molecule has 0 aliphatic carbocycles. The first kappa shape index (κ1) is 31.0. The molecule has 7 heteroatoms. The predicted octanol–water partition coefficient (Wildman–Crippen LogP) is 7.68. The number of esters is 1. The van der Waals surface area contributed by atoms with E-state index in [0.717, 1.165) is 36.1 Å². The molecule has 0 radical (unpaired) electrons. The van der Waals surface area contributed by atoms with E-state index in [1.54, 1.807) is 6.92 Å². The summed E-state index contributed by atoms with van der Waals surface area (Å²) in [6.45, 7) is 3.91. The Bertz CT molecular complexity index is 1070. The lowest BCUT2D eigenvalue weighted by Crippen LogP contribution is -2.36. The zero-order valence-electron chi connectivity index (χ0n) is 22.4. The molecule has 0 aliphatic heterocycles. The van der Waals surface area contributed by atoms with Gasteiger partial charge in [-0.1, -0.05) is 88.0 Å². The van der Waals surface area contributed by atoms with Crippen LogP contribution < -0.4 is 0 Å². The van der Waals surface area contributed by atoms with Gasteiger partial charge in [0.1, 0.15) is 0 Å². The number of unbranched alkanes of at least 4 members (excludes halogenated alkanes) is 8. The molecule has 4 nitrogen and oxygen atoms in total. The van der Waals surface area contributed by atoms with Crippen molar-refractivity contribution < 1.29 is 27.5 Å². The minimum atomic E-state index is -4.45. The Morgan fingerprint density at radius 2 is 1.47 bits per heavy atom. The van der Waals surface area contributed by atoms with Crippen molar-refractivity contribution >= 4 is 11.9 Å². The maximum atomic E-state index is 12.9. The molecule has 0 aliphatic rings. The van der Waals surface area contributed by atoms with Crippen LogP contribution in [-0.2, 0) is 33.6 Å². The standard InChI is InChI=1S/C31H38F3NO3/c1-3-5-6-7-8-9-10-11-12-13-15-25-16-14-17-27(22-25)24-35(29(36)30(37)38-4-2)23-26-18-20-28(21-19-26)31(32,33)34/h14,16-22H,3-12,23-24H2,1-2H3. The summed E-state index contributed by atoms with van der Waals surface area (Å²) >= 11 is 0. The van der Waals surface area contributed by atoms with Crippen LogP contribution in [0.15, 0.2) is 48.5 Å². The number of benzene rings is 2. The number of carbonyl (C=O) groups is 2. The third-order valence-electron chi connectivity index (χ3n) is 6.08. The van der Waals surface area contributed by atoms with Gasteiger partial charge >= 0.3 is 18.1 Å². The molecule has 0 N–H and O–H groups in total. The highest BCUT2D eigenvalue weighted by atomic mass is 19.4. The first-order valence-electron chi connectivity index (χ1n) is 13.4. The first-order valence-corrected chi connectivity index (χ1v) is 13.4. The summed E-state index contributed by atoms with van der Waals surface area (Å²) in [5, 5.41) is 0. The van der Waals surface area contributed by atoms with Crippen molar-refractivity contribution in [3.8, 4) is 11.8 Å². The van der Waals surface area contributed by atoms with Crippen molar-refractivity contribution in [3.05, 3.63) is 70.8 Å². The molecule has 1 amide bonds. The third-order valence-corrected chi connectivity index (χ3v) is 6.08. The SMILES string of the molecule is CCCCCCCCCCC#Cc1cccc(CN(Cc2ccc(C(F)(F)F)cc2)C(=O)C(=O)OCC)c1. The van der Waals surface area contributed by atoms with E-state index < -0.39 is 23.6 Å². The van der Waals surface area contributed by atoms with Gasteiger partial charge in [0.25, 0.3) is 0 Å². The molecule has 0 fully saturated rings.